The molecule has 1 aliphatic carbocycles. The van der Waals surface area contributed by atoms with E-state index in [1.165, 1.54) is 35.4 Å². The van der Waals surface area contributed by atoms with Gasteiger partial charge >= 0.3 is 31.3 Å². The molecule has 6 rings (SSSR count). The summed E-state index contributed by atoms with van der Waals surface area (Å²) in [5.41, 5.74) is 6.44. The SMILES string of the molecule is CC1(C)C2=C(Cl)C(=O)C(Cl)=CC2=Nc2ccc(OP(=O)(O)OP(=O)(O)OP(=O)(O)OP(=O)(O)OCC3OC(n4cnc5c(N)ncnc54)CC3O)cc21. The molecule has 2 aliphatic heterocycles. The average Bonchev–Trinajstić information content (AvgIpc) is 3.61. The number of benzene rings is 1. The largest absolute Gasteiger partial charge is 0.536 e. The third-order valence-corrected chi connectivity index (χ3v) is 14.3. The van der Waals surface area contributed by atoms with E-state index >= 15 is 0 Å². The van der Waals surface area contributed by atoms with Crippen LogP contribution in [-0.4, -0.2) is 74.5 Å². The van der Waals surface area contributed by atoms with Gasteiger partial charge in [-0.1, -0.05) is 37.0 Å². The van der Waals surface area contributed by atoms with Gasteiger partial charge in [0, 0.05) is 17.4 Å². The molecular formula is C25H26Cl2N6O16P4. The molecule has 22 nitrogen and oxygen atoms in total. The zero-order chi connectivity index (χ0) is 38.9. The predicted molar refractivity (Wildman–Crippen MR) is 182 cm³/mol. The quantitative estimate of drug-likeness (QED) is 0.110. The molecule has 1 fully saturated rings. The van der Waals surface area contributed by atoms with Crippen LogP contribution in [0.1, 0.15) is 32.1 Å². The van der Waals surface area contributed by atoms with E-state index in [1.54, 1.807) is 13.8 Å². The lowest BCUT2D eigenvalue weighted by atomic mass is 9.71. The number of nitrogen functional groups attached to an aromatic ring is 1. The summed E-state index contributed by atoms with van der Waals surface area (Å²) in [5, 5.41) is 10.1. The summed E-state index contributed by atoms with van der Waals surface area (Å²) in [6.07, 6.45) is 0.183. The van der Waals surface area contributed by atoms with Crippen LogP contribution in [0.5, 0.6) is 5.75 Å². The van der Waals surface area contributed by atoms with Crippen molar-refractivity contribution in [3.8, 4) is 5.75 Å². The number of aliphatic hydroxyl groups excluding tert-OH is 1. The number of ether oxygens (including phenoxy) is 1. The Kier molecular flexibility index (Phi) is 10.6. The van der Waals surface area contributed by atoms with Gasteiger partial charge in [-0.05, 0) is 29.8 Å². The van der Waals surface area contributed by atoms with E-state index in [2.05, 4.69) is 37.4 Å². The molecule has 4 heterocycles. The fourth-order valence-corrected chi connectivity index (χ4v) is 11.2. The van der Waals surface area contributed by atoms with Crippen LogP contribution in [-0.2, 0) is 50.7 Å². The molecule has 0 saturated carbocycles. The number of Topliss-reactive ketones (excluding diaryl/α,β-unsaturated/α-hetero) is 1. The van der Waals surface area contributed by atoms with E-state index in [-0.39, 0.29) is 33.5 Å². The van der Waals surface area contributed by atoms with E-state index in [1.807, 2.05) is 0 Å². The number of phosphoric ester groups is 2. The third kappa shape index (κ3) is 8.44. The fraction of sp³-hybridized carbons (Fsp3) is 0.320. The number of ketones is 1. The van der Waals surface area contributed by atoms with Crippen LogP contribution in [0.4, 0.5) is 11.5 Å². The van der Waals surface area contributed by atoms with Crippen molar-refractivity contribution in [2.45, 2.75) is 44.1 Å². The second-order valence-corrected chi connectivity index (χ2v) is 18.8. The third-order valence-electron chi connectivity index (χ3n) is 7.81. The molecule has 3 aliphatic rings. The number of fused-ring (bicyclic) bond motifs is 3. The van der Waals surface area contributed by atoms with Gasteiger partial charge in [0.1, 0.15) is 29.9 Å². The number of halogens is 2. The van der Waals surface area contributed by atoms with Crippen LogP contribution in [0.2, 0.25) is 0 Å². The highest BCUT2D eigenvalue weighted by Gasteiger charge is 2.48. The molecule has 2 aromatic heterocycles. The lowest BCUT2D eigenvalue weighted by molar-refractivity contribution is -0.111. The van der Waals surface area contributed by atoms with Crippen LogP contribution < -0.4 is 10.3 Å². The Balaban J connectivity index is 1.07. The number of aromatic nitrogens is 4. The zero-order valence-corrected chi connectivity index (χ0v) is 31.8. The van der Waals surface area contributed by atoms with Crippen molar-refractivity contribution in [3.63, 3.8) is 0 Å². The highest BCUT2D eigenvalue weighted by Crippen LogP contribution is 2.71. The highest BCUT2D eigenvalue weighted by molar-refractivity contribution is 7.69. The maximum atomic E-state index is 12.7. The van der Waals surface area contributed by atoms with Gasteiger partial charge in [-0.3, -0.25) is 18.8 Å². The second-order valence-electron chi connectivity index (χ2n) is 11.8. The van der Waals surface area contributed by atoms with Crippen molar-refractivity contribution in [2.24, 2.45) is 4.99 Å². The first-order chi connectivity index (χ1) is 24.5. The van der Waals surface area contributed by atoms with Crippen molar-refractivity contribution in [1.29, 1.82) is 0 Å². The number of hydrogen-bond donors (Lipinski definition) is 6. The Morgan fingerprint density at radius 3 is 2.36 bits per heavy atom. The predicted octanol–water partition coefficient (Wildman–Crippen LogP) is 4.17. The zero-order valence-electron chi connectivity index (χ0n) is 26.7. The topological polar surface area (TPSA) is 324 Å². The maximum absolute atomic E-state index is 12.7. The summed E-state index contributed by atoms with van der Waals surface area (Å²) in [5.74, 6) is -1.01. The van der Waals surface area contributed by atoms with Crippen LogP contribution in [0.25, 0.3) is 11.2 Å². The van der Waals surface area contributed by atoms with Crippen molar-refractivity contribution < 1.29 is 74.5 Å². The normalized spacial score (nSPS) is 25.7. The monoisotopic (exact) mass is 860 g/mol. The lowest BCUT2D eigenvalue weighted by Gasteiger charge is -2.36. The van der Waals surface area contributed by atoms with E-state index in [9.17, 15) is 47.7 Å². The van der Waals surface area contributed by atoms with Gasteiger partial charge in [0.2, 0.25) is 5.78 Å². The molecule has 286 valence electrons. The molecular weight excluding hydrogens is 835 g/mol. The van der Waals surface area contributed by atoms with Gasteiger partial charge in [0.05, 0.1) is 40.5 Å². The number of anilines is 1. The molecule has 7 unspecified atom stereocenters. The minimum Gasteiger partial charge on any atom is -0.404 e. The molecule has 0 amide bonds. The number of nitrogens with zero attached hydrogens (tertiary/aromatic N) is 5. The fourth-order valence-electron chi connectivity index (χ4n) is 5.58. The minimum absolute atomic E-state index is 0.0782. The molecule has 7 atom stereocenters. The second kappa shape index (κ2) is 14.1. The molecule has 7 N–H and O–H groups in total. The number of nitrogens with two attached hydrogens (primary N) is 1. The number of phosphoric acid groups is 4. The van der Waals surface area contributed by atoms with E-state index in [0.29, 0.717) is 22.5 Å². The average molecular weight is 861 g/mol. The molecule has 0 spiro atoms. The summed E-state index contributed by atoms with van der Waals surface area (Å²) in [4.78, 5) is 69.0. The molecule has 28 heteroatoms. The smallest absolute Gasteiger partial charge is 0.404 e. The molecule has 0 bridgehead atoms. The number of carbonyl (C=O) groups excluding carboxylic acids is 1. The Morgan fingerprint density at radius 2 is 1.66 bits per heavy atom. The van der Waals surface area contributed by atoms with E-state index in [0.717, 1.165) is 6.07 Å². The number of imidazole rings is 1. The first kappa shape index (κ1) is 40.0. The lowest BCUT2D eigenvalue weighted by Crippen LogP contribution is -2.32. The number of hydrogen-bond acceptors (Lipinski definition) is 17. The van der Waals surface area contributed by atoms with Crippen molar-refractivity contribution in [2.75, 3.05) is 12.3 Å². The van der Waals surface area contributed by atoms with Crippen molar-refractivity contribution in [1.82, 2.24) is 19.5 Å². The van der Waals surface area contributed by atoms with Gasteiger partial charge in [0.25, 0.3) is 0 Å². The van der Waals surface area contributed by atoms with Crippen LogP contribution >= 0.6 is 54.5 Å². The summed E-state index contributed by atoms with van der Waals surface area (Å²) in [6.45, 7) is 2.40. The summed E-state index contributed by atoms with van der Waals surface area (Å²) in [6, 6.07) is 3.66. The number of rotatable bonds is 12. The first-order valence-electron chi connectivity index (χ1n) is 14.6. The number of allylic oxidation sites excluding steroid dienone is 4. The Hall–Kier alpha value is -2.71. The van der Waals surface area contributed by atoms with Crippen molar-refractivity contribution in [3.05, 3.63) is 58.1 Å². The molecule has 0 radical (unpaired) electrons. The molecule has 53 heavy (non-hydrogen) atoms. The standard InChI is InChI=1S/C25H26Cl2N6O16P4/c1-25(2)12-5-11(3-4-14(12)32-15-6-13(26)22(35)20(27)19(15)25)46-51(38,39)48-53(42,43)49-52(40,41)47-50(36,37)44-8-17-16(34)7-18(45-17)33-10-31-21-23(28)29-9-30-24(21)33/h3-6,9-10,16-18,34H,7-8H2,1-2H3,(H,36,37)(H,38,39)(H,40,41)(H,42,43)(H2,28,29,30). The first-order valence-corrected chi connectivity index (χ1v) is 21.3. The Bertz CT molecular complexity index is 2330. The van der Waals surface area contributed by atoms with Crippen molar-refractivity contribution >= 4 is 88.7 Å². The van der Waals surface area contributed by atoms with E-state index < -0.39 is 73.3 Å². The molecule has 1 saturated heterocycles. The molecule has 1 aromatic carbocycles. The molecule has 3 aromatic rings. The van der Waals surface area contributed by atoms with Gasteiger partial charge in [-0.15, -0.1) is 0 Å². The number of carbonyl (C=O) groups is 1. The summed E-state index contributed by atoms with van der Waals surface area (Å²) >= 11 is 12.3. The van der Waals surface area contributed by atoms with Crippen LogP contribution in [0.3, 0.4) is 0 Å². The Labute approximate surface area is 307 Å². The highest BCUT2D eigenvalue weighted by atomic mass is 35.5. The van der Waals surface area contributed by atoms with Crippen LogP contribution in [0.15, 0.2) is 57.6 Å². The number of aliphatic hydroxyl groups is 1. The number of aliphatic imine (C=N–C) groups is 1. The van der Waals surface area contributed by atoms with Gasteiger partial charge in [-0.2, -0.15) is 12.9 Å². The van der Waals surface area contributed by atoms with Gasteiger partial charge in [0.15, 0.2) is 11.5 Å². The van der Waals surface area contributed by atoms with Gasteiger partial charge < -0.3 is 34.8 Å². The Morgan fingerprint density at radius 1 is 1.00 bits per heavy atom. The van der Waals surface area contributed by atoms with Gasteiger partial charge in [-0.25, -0.2) is 38.2 Å². The maximum Gasteiger partial charge on any atom is 0.536 e. The summed E-state index contributed by atoms with van der Waals surface area (Å²) < 4.78 is 78.7. The van der Waals surface area contributed by atoms with Crippen LogP contribution in [0, 0.1) is 0 Å². The summed E-state index contributed by atoms with van der Waals surface area (Å²) in [7, 11) is -23.6. The van der Waals surface area contributed by atoms with E-state index in [4.69, 9.17) is 38.2 Å². The minimum atomic E-state index is -6.12.